The number of benzene rings is 2. The molecule has 1 amide bonds. The van der Waals surface area contributed by atoms with Gasteiger partial charge < -0.3 is 10.1 Å². The van der Waals surface area contributed by atoms with Crippen LogP contribution < -0.4 is 14.8 Å². The molecular formula is C16H15BrF2N2O4S. The number of alkyl halides is 2. The first-order valence-electron chi connectivity index (χ1n) is 7.28. The summed E-state index contributed by atoms with van der Waals surface area (Å²) in [6.07, 6.45) is 0. The van der Waals surface area contributed by atoms with Crippen molar-refractivity contribution in [3.8, 4) is 5.75 Å². The highest BCUT2D eigenvalue weighted by Crippen LogP contribution is 2.24. The van der Waals surface area contributed by atoms with E-state index in [2.05, 4.69) is 30.7 Å². The molecule has 2 N–H and O–H groups in total. The lowest BCUT2D eigenvalue weighted by atomic mass is 10.1. The van der Waals surface area contributed by atoms with Crippen molar-refractivity contribution in [3.63, 3.8) is 0 Å². The molecule has 140 valence electrons. The van der Waals surface area contributed by atoms with E-state index in [9.17, 15) is 22.0 Å². The Morgan fingerprint density at radius 3 is 2.42 bits per heavy atom. The number of ether oxygens (including phenoxy) is 1. The molecule has 10 heteroatoms. The highest BCUT2D eigenvalue weighted by molar-refractivity contribution is 9.10. The van der Waals surface area contributed by atoms with Gasteiger partial charge in [0, 0.05) is 22.1 Å². The Morgan fingerprint density at radius 1 is 1.19 bits per heavy atom. The third kappa shape index (κ3) is 5.23. The van der Waals surface area contributed by atoms with Gasteiger partial charge in [0.25, 0.3) is 5.91 Å². The Labute approximate surface area is 157 Å². The molecule has 0 aliphatic heterocycles. The normalized spacial score (nSPS) is 11.4. The third-order valence-electron chi connectivity index (χ3n) is 3.37. The number of halogens is 3. The van der Waals surface area contributed by atoms with Gasteiger partial charge in [-0.25, -0.2) is 13.1 Å². The van der Waals surface area contributed by atoms with Gasteiger partial charge in [0.05, 0.1) is 4.90 Å². The lowest BCUT2D eigenvalue weighted by Crippen LogP contribution is -2.24. The van der Waals surface area contributed by atoms with Crippen LogP contribution in [0.4, 0.5) is 8.78 Å². The maximum absolute atomic E-state index is 12.5. The number of amides is 1. The van der Waals surface area contributed by atoms with E-state index in [-0.39, 0.29) is 22.8 Å². The zero-order valence-electron chi connectivity index (χ0n) is 13.5. The van der Waals surface area contributed by atoms with Crippen LogP contribution in [0.1, 0.15) is 15.9 Å². The lowest BCUT2D eigenvalue weighted by molar-refractivity contribution is -0.0504. The average Bonchev–Trinajstić information content (AvgIpc) is 2.61. The van der Waals surface area contributed by atoms with Crippen molar-refractivity contribution in [2.45, 2.75) is 18.1 Å². The molecule has 0 aliphatic carbocycles. The summed E-state index contributed by atoms with van der Waals surface area (Å²) in [5, 5.41) is 2.58. The minimum absolute atomic E-state index is 0.0242. The van der Waals surface area contributed by atoms with Crippen LogP contribution in [-0.4, -0.2) is 28.0 Å². The van der Waals surface area contributed by atoms with Gasteiger partial charge in [-0.15, -0.1) is 0 Å². The van der Waals surface area contributed by atoms with E-state index in [0.29, 0.717) is 10.0 Å². The molecule has 0 bridgehead atoms. The van der Waals surface area contributed by atoms with E-state index < -0.39 is 22.5 Å². The standard InChI is InChI=1S/C16H15BrF2N2O4S/c1-20-26(23,24)13-5-2-10(3-6-13)15(22)21-9-11-8-12(17)4-7-14(11)25-16(18)19/h2-8,16,20H,9H2,1H3,(H,21,22). The molecule has 0 spiro atoms. The molecule has 2 aromatic rings. The molecule has 0 saturated heterocycles. The van der Waals surface area contributed by atoms with Crippen LogP contribution in [0.5, 0.6) is 5.75 Å². The number of hydrogen-bond acceptors (Lipinski definition) is 4. The largest absolute Gasteiger partial charge is 0.434 e. The van der Waals surface area contributed by atoms with E-state index in [1.807, 2.05) is 0 Å². The highest BCUT2D eigenvalue weighted by Gasteiger charge is 2.14. The van der Waals surface area contributed by atoms with Gasteiger partial charge in [-0.2, -0.15) is 8.78 Å². The van der Waals surface area contributed by atoms with Crippen molar-refractivity contribution in [3.05, 3.63) is 58.1 Å². The summed E-state index contributed by atoms with van der Waals surface area (Å²) < 4.78 is 55.5. The molecule has 0 unspecified atom stereocenters. The first kappa shape index (κ1) is 20.3. The summed E-state index contributed by atoms with van der Waals surface area (Å²) in [6.45, 7) is -3.02. The molecule has 0 atom stereocenters. The van der Waals surface area contributed by atoms with E-state index in [1.165, 1.54) is 37.4 Å². The average molecular weight is 449 g/mol. The number of carbonyl (C=O) groups is 1. The molecule has 0 radical (unpaired) electrons. The second kappa shape index (κ2) is 8.56. The maximum Gasteiger partial charge on any atom is 0.387 e. The van der Waals surface area contributed by atoms with Crippen molar-refractivity contribution in [1.82, 2.24) is 10.0 Å². The van der Waals surface area contributed by atoms with Crippen LogP contribution in [0.25, 0.3) is 0 Å². The highest BCUT2D eigenvalue weighted by atomic mass is 79.9. The molecule has 6 nitrogen and oxygen atoms in total. The number of nitrogens with one attached hydrogen (secondary N) is 2. The summed E-state index contributed by atoms with van der Waals surface area (Å²) in [4.78, 5) is 12.2. The van der Waals surface area contributed by atoms with Crippen molar-refractivity contribution >= 4 is 31.9 Å². The second-order valence-corrected chi connectivity index (χ2v) is 7.85. The van der Waals surface area contributed by atoms with Crippen molar-refractivity contribution in [1.29, 1.82) is 0 Å². The van der Waals surface area contributed by atoms with Crippen LogP contribution in [-0.2, 0) is 16.6 Å². The Hall–Kier alpha value is -2.04. The summed E-state index contributed by atoms with van der Waals surface area (Å²) in [5.74, 6) is -0.527. The van der Waals surface area contributed by atoms with E-state index in [0.717, 1.165) is 0 Å². The van der Waals surface area contributed by atoms with Crippen LogP contribution >= 0.6 is 15.9 Å². The molecule has 0 saturated carbocycles. The van der Waals surface area contributed by atoms with Crippen molar-refractivity contribution in [2.24, 2.45) is 0 Å². The number of hydrogen-bond donors (Lipinski definition) is 2. The fourth-order valence-corrected chi connectivity index (χ4v) is 3.22. The number of carbonyl (C=O) groups excluding carboxylic acids is 1. The summed E-state index contributed by atoms with van der Waals surface area (Å²) in [6, 6.07) is 9.78. The first-order chi connectivity index (χ1) is 12.2. The maximum atomic E-state index is 12.5. The van der Waals surface area contributed by atoms with Gasteiger partial charge in [0.2, 0.25) is 10.0 Å². The fraction of sp³-hybridized carbons (Fsp3) is 0.188. The summed E-state index contributed by atoms with van der Waals surface area (Å²) in [5.41, 5.74) is 0.591. The minimum Gasteiger partial charge on any atom is -0.434 e. The van der Waals surface area contributed by atoms with E-state index in [1.54, 1.807) is 12.1 Å². The topological polar surface area (TPSA) is 84.5 Å². The number of sulfonamides is 1. The number of rotatable bonds is 7. The van der Waals surface area contributed by atoms with Crippen LogP contribution in [0, 0.1) is 0 Å². The Morgan fingerprint density at radius 2 is 1.85 bits per heavy atom. The lowest BCUT2D eigenvalue weighted by Gasteiger charge is -2.12. The van der Waals surface area contributed by atoms with E-state index >= 15 is 0 Å². The molecule has 0 heterocycles. The Balaban J connectivity index is 2.10. The van der Waals surface area contributed by atoms with Crippen LogP contribution in [0.15, 0.2) is 51.8 Å². The van der Waals surface area contributed by atoms with Gasteiger partial charge in [-0.3, -0.25) is 4.79 Å². The molecule has 2 aromatic carbocycles. The van der Waals surface area contributed by atoms with Crippen LogP contribution in [0.2, 0.25) is 0 Å². The van der Waals surface area contributed by atoms with Crippen molar-refractivity contribution < 1.29 is 26.7 Å². The Bertz CT molecular complexity index is 890. The summed E-state index contributed by atoms with van der Waals surface area (Å²) >= 11 is 3.23. The second-order valence-electron chi connectivity index (χ2n) is 5.05. The fourth-order valence-electron chi connectivity index (χ4n) is 2.08. The molecular weight excluding hydrogens is 434 g/mol. The van der Waals surface area contributed by atoms with Gasteiger partial charge in [0.15, 0.2) is 0 Å². The van der Waals surface area contributed by atoms with Crippen LogP contribution in [0.3, 0.4) is 0 Å². The zero-order valence-corrected chi connectivity index (χ0v) is 15.9. The van der Waals surface area contributed by atoms with E-state index in [4.69, 9.17) is 0 Å². The molecule has 0 aromatic heterocycles. The quantitative estimate of drug-likeness (QED) is 0.681. The molecule has 2 rings (SSSR count). The first-order valence-corrected chi connectivity index (χ1v) is 9.55. The van der Waals surface area contributed by atoms with Gasteiger partial charge >= 0.3 is 6.61 Å². The molecule has 0 fully saturated rings. The summed E-state index contributed by atoms with van der Waals surface area (Å²) in [7, 11) is -2.31. The monoisotopic (exact) mass is 448 g/mol. The third-order valence-corrected chi connectivity index (χ3v) is 5.30. The predicted molar refractivity (Wildman–Crippen MR) is 94.6 cm³/mol. The van der Waals surface area contributed by atoms with Gasteiger partial charge in [0.1, 0.15) is 5.75 Å². The predicted octanol–water partition coefficient (Wildman–Crippen LogP) is 2.89. The molecule has 26 heavy (non-hydrogen) atoms. The molecule has 0 aliphatic rings. The SMILES string of the molecule is CNS(=O)(=O)c1ccc(C(=O)NCc2cc(Br)ccc2OC(F)F)cc1. The zero-order chi connectivity index (χ0) is 19.3. The van der Waals surface area contributed by atoms with Gasteiger partial charge in [-0.05, 0) is 49.5 Å². The minimum atomic E-state index is -3.59. The van der Waals surface area contributed by atoms with Gasteiger partial charge in [-0.1, -0.05) is 15.9 Å². The Kier molecular flexibility index (Phi) is 6.68. The van der Waals surface area contributed by atoms with Crippen molar-refractivity contribution in [2.75, 3.05) is 7.05 Å². The smallest absolute Gasteiger partial charge is 0.387 e.